The lowest BCUT2D eigenvalue weighted by Crippen LogP contribution is -2.51. The van der Waals surface area contributed by atoms with Gasteiger partial charge in [0.05, 0.1) is 11.1 Å². The quantitative estimate of drug-likeness (QED) is 0.536. The van der Waals surface area contributed by atoms with Crippen molar-refractivity contribution in [2.75, 3.05) is 37.7 Å². The smallest absolute Gasteiger partial charge is 0.319 e. The Kier molecular flexibility index (Phi) is 5.48. The number of nitrogens with zero attached hydrogens (tertiary/aromatic N) is 4. The minimum atomic E-state index is -0.690. The van der Waals surface area contributed by atoms with E-state index in [0.717, 1.165) is 64.7 Å². The average Bonchev–Trinajstić information content (AvgIpc) is 3.57. The Morgan fingerprint density at radius 1 is 1.03 bits per heavy atom. The Balaban J connectivity index is 1.33. The third kappa shape index (κ3) is 3.82. The van der Waals surface area contributed by atoms with Crippen LogP contribution < -0.4 is 15.0 Å². The third-order valence-corrected chi connectivity index (χ3v) is 8.82. The van der Waals surface area contributed by atoms with Crippen molar-refractivity contribution in [3.05, 3.63) is 42.0 Å². The van der Waals surface area contributed by atoms with Gasteiger partial charge in [0.1, 0.15) is 29.5 Å². The van der Waals surface area contributed by atoms with Crippen molar-refractivity contribution < 1.29 is 18.6 Å². The van der Waals surface area contributed by atoms with Crippen molar-refractivity contribution in [3.8, 4) is 22.9 Å². The van der Waals surface area contributed by atoms with Crippen LogP contribution in [0.4, 0.5) is 14.6 Å². The van der Waals surface area contributed by atoms with E-state index < -0.39 is 11.6 Å². The number of phenols is 1. The molecule has 4 aliphatic rings. The Hall–Kier alpha value is -3.04. The number of hydrogen-bond donors (Lipinski definition) is 2. The largest absolute Gasteiger partial charge is 0.507 e. The fourth-order valence-electron chi connectivity index (χ4n) is 7.03. The fraction of sp³-hybridized carbons (Fsp3) is 0.500. The molecular formula is C28H31F2N5O2. The molecule has 37 heavy (non-hydrogen) atoms. The molecule has 9 heteroatoms. The monoisotopic (exact) mass is 507 g/mol. The molecule has 7 nitrogen and oxygen atoms in total. The number of aromatic nitrogens is 2. The first-order valence-electron chi connectivity index (χ1n) is 13.4. The number of benzene rings is 2. The first kappa shape index (κ1) is 23.1. The lowest BCUT2D eigenvalue weighted by Gasteiger charge is -2.34. The number of phenolic OH excluding ortho intramolecular Hbond substituents is 1. The number of ether oxygens (including phenoxy) is 1. The van der Waals surface area contributed by atoms with Gasteiger partial charge in [0.2, 0.25) is 0 Å². The molecule has 7 rings (SSSR count). The van der Waals surface area contributed by atoms with Gasteiger partial charge in [-0.1, -0.05) is 12.1 Å². The van der Waals surface area contributed by atoms with Gasteiger partial charge in [-0.25, -0.2) is 8.78 Å². The molecule has 0 amide bonds. The van der Waals surface area contributed by atoms with E-state index in [1.165, 1.54) is 24.3 Å². The highest BCUT2D eigenvalue weighted by Crippen LogP contribution is 2.41. The first-order valence-corrected chi connectivity index (χ1v) is 13.4. The van der Waals surface area contributed by atoms with Crippen molar-refractivity contribution in [1.29, 1.82) is 0 Å². The molecule has 4 saturated heterocycles. The Labute approximate surface area is 214 Å². The van der Waals surface area contributed by atoms with Gasteiger partial charge in [-0.3, -0.25) is 4.90 Å². The molecule has 2 unspecified atom stereocenters. The zero-order valence-electron chi connectivity index (χ0n) is 20.7. The van der Waals surface area contributed by atoms with Crippen molar-refractivity contribution in [3.63, 3.8) is 0 Å². The molecule has 0 radical (unpaired) electrons. The summed E-state index contributed by atoms with van der Waals surface area (Å²) in [6.45, 7) is 4.19. The van der Waals surface area contributed by atoms with Crippen LogP contribution in [0.2, 0.25) is 0 Å². The van der Waals surface area contributed by atoms with E-state index in [9.17, 15) is 9.50 Å². The van der Waals surface area contributed by atoms with Crippen LogP contribution in [0, 0.1) is 11.6 Å². The van der Waals surface area contributed by atoms with Gasteiger partial charge in [-0.2, -0.15) is 9.97 Å². The van der Waals surface area contributed by atoms with Crippen LogP contribution >= 0.6 is 0 Å². The van der Waals surface area contributed by atoms with Gasteiger partial charge in [-0.15, -0.1) is 0 Å². The first-order chi connectivity index (χ1) is 18.0. The Bertz CT molecular complexity index is 1330. The van der Waals surface area contributed by atoms with Gasteiger partial charge >= 0.3 is 6.01 Å². The molecule has 0 spiro atoms. The van der Waals surface area contributed by atoms with Gasteiger partial charge in [0.15, 0.2) is 5.82 Å². The van der Waals surface area contributed by atoms with Crippen LogP contribution in [0.3, 0.4) is 0 Å². The summed E-state index contributed by atoms with van der Waals surface area (Å²) in [4.78, 5) is 14.1. The van der Waals surface area contributed by atoms with Gasteiger partial charge in [0, 0.05) is 36.1 Å². The molecule has 4 fully saturated rings. The maximum Gasteiger partial charge on any atom is 0.319 e. The summed E-state index contributed by atoms with van der Waals surface area (Å²) < 4.78 is 37.0. The standard InChI is InChI=1S/C28H31F2N5O2/c29-21-4-1-5-22(36)23(21)19-8-9-20-25(24(19)30)32-27(37-16-28-10-2-12-35(28)13-3-11-28)33-26(20)34-14-17-6-7-18(15-34)31-17/h1,4-5,8-9,17-18,31,36H,2-3,6-7,10-16H2. The molecule has 2 bridgehead atoms. The van der Waals surface area contributed by atoms with E-state index in [-0.39, 0.29) is 33.9 Å². The van der Waals surface area contributed by atoms with E-state index >= 15 is 4.39 Å². The van der Waals surface area contributed by atoms with Gasteiger partial charge in [0.25, 0.3) is 0 Å². The van der Waals surface area contributed by atoms with Gasteiger partial charge in [-0.05, 0) is 69.8 Å². The number of halogens is 2. The lowest BCUT2D eigenvalue weighted by atomic mass is 9.95. The highest BCUT2D eigenvalue weighted by Gasteiger charge is 2.45. The van der Waals surface area contributed by atoms with Crippen LogP contribution in [0.15, 0.2) is 30.3 Å². The van der Waals surface area contributed by atoms with Crippen LogP contribution in [0.25, 0.3) is 22.0 Å². The number of rotatable bonds is 5. The summed E-state index contributed by atoms with van der Waals surface area (Å²) in [5.74, 6) is -1.05. The van der Waals surface area contributed by atoms with Crippen LogP contribution in [0.5, 0.6) is 11.8 Å². The number of hydrogen-bond acceptors (Lipinski definition) is 7. The topological polar surface area (TPSA) is 73.8 Å². The van der Waals surface area contributed by atoms with E-state index in [4.69, 9.17) is 9.72 Å². The van der Waals surface area contributed by atoms with Crippen molar-refractivity contribution >= 4 is 16.7 Å². The predicted molar refractivity (Wildman–Crippen MR) is 137 cm³/mol. The SMILES string of the molecule is Oc1cccc(F)c1-c1ccc2c(N3CC4CCC(C3)N4)nc(OCC34CCCN3CCC4)nc2c1F. The second-order valence-electron chi connectivity index (χ2n) is 11.0. The molecular weight excluding hydrogens is 476 g/mol. The van der Waals surface area contributed by atoms with Gasteiger partial charge < -0.3 is 20.1 Å². The summed E-state index contributed by atoms with van der Waals surface area (Å²) >= 11 is 0. The van der Waals surface area contributed by atoms with E-state index in [2.05, 4.69) is 20.1 Å². The molecule has 2 atom stereocenters. The summed E-state index contributed by atoms with van der Waals surface area (Å²) in [7, 11) is 0. The highest BCUT2D eigenvalue weighted by molar-refractivity contribution is 5.94. The maximum absolute atomic E-state index is 16.1. The average molecular weight is 508 g/mol. The van der Waals surface area contributed by atoms with E-state index in [1.807, 2.05) is 0 Å². The Morgan fingerprint density at radius 2 is 1.78 bits per heavy atom. The zero-order valence-corrected chi connectivity index (χ0v) is 20.7. The summed E-state index contributed by atoms with van der Waals surface area (Å²) in [6.07, 6.45) is 6.69. The molecule has 194 valence electrons. The molecule has 5 heterocycles. The van der Waals surface area contributed by atoms with Crippen LogP contribution in [-0.4, -0.2) is 70.4 Å². The fourth-order valence-corrected chi connectivity index (χ4v) is 7.03. The number of nitrogens with one attached hydrogen (secondary N) is 1. The second kappa shape index (κ2) is 8.77. The summed E-state index contributed by atoms with van der Waals surface area (Å²) in [5.41, 5.74) is -0.115. The van der Waals surface area contributed by atoms with E-state index in [0.29, 0.717) is 29.9 Å². The molecule has 2 N–H and O–H groups in total. The molecule has 2 aromatic carbocycles. The molecule has 0 aliphatic carbocycles. The molecule has 4 aliphatic heterocycles. The van der Waals surface area contributed by atoms with Crippen molar-refractivity contribution in [2.45, 2.75) is 56.1 Å². The third-order valence-electron chi connectivity index (χ3n) is 8.82. The number of fused-ring (bicyclic) bond motifs is 4. The lowest BCUT2D eigenvalue weighted by molar-refractivity contribution is 0.108. The minimum absolute atomic E-state index is 0.00594. The number of aromatic hydroxyl groups is 1. The predicted octanol–water partition coefficient (Wildman–Crippen LogP) is 4.23. The Morgan fingerprint density at radius 3 is 2.51 bits per heavy atom. The second-order valence-corrected chi connectivity index (χ2v) is 11.0. The number of piperazine rings is 1. The van der Waals surface area contributed by atoms with Crippen molar-refractivity contribution in [2.24, 2.45) is 0 Å². The molecule has 1 aromatic heterocycles. The number of anilines is 1. The van der Waals surface area contributed by atoms with Crippen molar-refractivity contribution in [1.82, 2.24) is 20.2 Å². The maximum atomic E-state index is 16.1. The minimum Gasteiger partial charge on any atom is -0.507 e. The molecule has 0 saturated carbocycles. The molecule has 3 aromatic rings. The zero-order chi connectivity index (χ0) is 25.1. The summed E-state index contributed by atoms with van der Waals surface area (Å²) in [6, 6.07) is 8.10. The normalized spacial score (nSPS) is 24.6. The van der Waals surface area contributed by atoms with E-state index in [1.54, 1.807) is 6.07 Å². The summed E-state index contributed by atoms with van der Waals surface area (Å²) in [5, 5.41) is 14.5. The van der Waals surface area contributed by atoms with Crippen LogP contribution in [0.1, 0.15) is 38.5 Å². The van der Waals surface area contributed by atoms with Crippen LogP contribution in [-0.2, 0) is 0 Å². The highest BCUT2D eigenvalue weighted by atomic mass is 19.1.